The average molecular weight is 708 g/mol. The zero-order valence-electron chi connectivity index (χ0n) is 35.2. The van der Waals surface area contributed by atoms with Crippen LogP contribution in [0.25, 0.3) is 111 Å². The predicted octanol–water partition coefficient (Wildman–Crippen LogP) is 13.6. The number of furan rings is 1. The van der Waals surface area contributed by atoms with Gasteiger partial charge in [0.15, 0.2) is 17.5 Å². The van der Waals surface area contributed by atoms with Gasteiger partial charge in [-0.15, -0.1) is 0 Å². The summed E-state index contributed by atoms with van der Waals surface area (Å²) < 4.78 is 61.1. The third-order valence-electron chi connectivity index (χ3n) is 10.2. The van der Waals surface area contributed by atoms with Gasteiger partial charge in [0.25, 0.3) is 0 Å². The van der Waals surface area contributed by atoms with Crippen LogP contribution < -0.4 is 0 Å². The first-order valence-corrected chi connectivity index (χ1v) is 18.0. The molecule has 0 aliphatic rings. The molecule has 0 radical (unpaired) electrons. The normalized spacial score (nSPS) is 13.2. The van der Waals surface area contributed by atoms with Crippen molar-refractivity contribution < 1.29 is 12.6 Å². The summed E-state index contributed by atoms with van der Waals surface area (Å²) in [5.74, 6) is 0.642. The van der Waals surface area contributed by atoms with Crippen LogP contribution in [0.4, 0.5) is 0 Å². The minimum absolute atomic E-state index is 0.0109. The first-order chi connectivity index (χ1) is 29.7. The second-order valence-electron chi connectivity index (χ2n) is 13.5. The summed E-state index contributed by atoms with van der Waals surface area (Å²) in [4.78, 5) is 14.9. The molecule has 4 nitrogen and oxygen atoms in total. The third-order valence-corrected chi connectivity index (χ3v) is 10.2. The molecule has 4 heteroatoms. The van der Waals surface area contributed by atoms with Gasteiger partial charge in [0, 0.05) is 27.5 Å². The summed E-state index contributed by atoms with van der Waals surface area (Å²) in [7, 11) is 0. The largest absolute Gasteiger partial charge is 0.456 e. The molecule has 0 fully saturated rings. The monoisotopic (exact) mass is 707 g/mol. The van der Waals surface area contributed by atoms with Crippen molar-refractivity contribution in [3.8, 4) is 56.4 Å². The maximum absolute atomic E-state index is 9.61. The van der Waals surface area contributed by atoms with Gasteiger partial charge in [0.05, 0.1) is 8.22 Å². The minimum Gasteiger partial charge on any atom is -0.456 e. The maximum atomic E-state index is 9.61. The van der Waals surface area contributed by atoms with Gasteiger partial charge < -0.3 is 4.42 Å². The summed E-state index contributed by atoms with van der Waals surface area (Å²) in [6, 6.07) is 48.1. The highest BCUT2D eigenvalue weighted by atomic mass is 16.3. The molecule has 0 unspecified atom stereocenters. The van der Waals surface area contributed by atoms with E-state index >= 15 is 0 Å². The lowest BCUT2D eigenvalue weighted by atomic mass is 9.96. The second kappa shape index (κ2) is 12.6. The van der Waals surface area contributed by atoms with Gasteiger partial charge in [-0.2, -0.15) is 0 Å². The van der Waals surface area contributed by atoms with Crippen LogP contribution in [0.3, 0.4) is 0 Å². The fourth-order valence-electron chi connectivity index (χ4n) is 7.55. The van der Waals surface area contributed by atoms with E-state index in [1.54, 1.807) is 24.3 Å². The Bertz CT molecular complexity index is 3610. The molecular weight excluding hydrogens is 671 g/mol. The van der Waals surface area contributed by atoms with Gasteiger partial charge in [-0.3, -0.25) is 0 Å². The highest BCUT2D eigenvalue weighted by Crippen LogP contribution is 2.39. The second-order valence-corrected chi connectivity index (χ2v) is 13.5. The molecule has 0 aliphatic heterocycles. The molecule has 0 atom stereocenters. The van der Waals surface area contributed by atoms with E-state index in [0.717, 1.165) is 43.4 Å². The van der Waals surface area contributed by atoms with Crippen LogP contribution >= 0.6 is 0 Å². The first-order valence-electron chi connectivity index (χ1n) is 21.0. The van der Waals surface area contributed by atoms with Gasteiger partial charge in [-0.05, 0) is 84.8 Å². The molecule has 0 saturated heterocycles. The predicted molar refractivity (Wildman–Crippen MR) is 227 cm³/mol. The van der Waals surface area contributed by atoms with Gasteiger partial charge in [-0.25, -0.2) is 15.0 Å². The zero-order valence-corrected chi connectivity index (χ0v) is 29.2. The maximum Gasteiger partial charge on any atom is 0.164 e. The van der Waals surface area contributed by atoms with Crippen molar-refractivity contribution in [1.82, 2.24) is 15.0 Å². The Morgan fingerprint density at radius 2 is 1.00 bits per heavy atom. The summed E-state index contributed by atoms with van der Waals surface area (Å²) in [6.45, 7) is 0. The lowest BCUT2D eigenvalue weighted by Crippen LogP contribution is -2.00. The lowest BCUT2D eigenvalue weighted by molar-refractivity contribution is 0.669. The molecule has 0 spiro atoms. The van der Waals surface area contributed by atoms with Gasteiger partial charge >= 0.3 is 0 Å². The quantitative estimate of drug-likeness (QED) is 0.167. The molecule has 55 heavy (non-hydrogen) atoms. The average Bonchev–Trinajstić information content (AvgIpc) is 3.71. The zero-order chi connectivity index (χ0) is 41.5. The summed E-state index contributed by atoms with van der Waals surface area (Å²) in [5, 5.41) is 6.93. The number of hydrogen-bond donors (Lipinski definition) is 0. The fourth-order valence-corrected chi connectivity index (χ4v) is 7.55. The van der Waals surface area contributed by atoms with Crippen molar-refractivity contribution >= 4 is 54.3 Å². The highest BCUT2D eigenvalue weighted by molar-refractivity contribution is 6.18. The van der Waals surface area contributed by atoms with Crippen LogP contribution in [-0.2, 0) is 0 Å². The van der Waals surface area contributed by atoms with Crippen LogP contribution in [0.1, 0.15) is 8.22 Å². The lowest BCUT2D eigenvalue weighted by Gasteiger charge is -2.11. The molecule has 11 aromatic rings. The van der Waals surface area contributed by atoms with E-state index in [9.17, 15) is 4.11 Å². The topological polar surface area (TPSA) is 51.8 Å². The first kappa shape index (κ1) is 25.5. The summed E-state index contributed by atoms with van der Waals surface area (Å²) in [6.07, 6.45) is 0. The Hall–Kier alpha value is -7.43. The van der Waals surface area contributed by atoms with Crippen LogP contribution in [0.5, 0.6) is 0 Å². The van der Waals surface area contributed by atoms with Gasteiger partial charge in [-0.1, -0.05) is 158 Å². The van der Waals surface area contributed by atoms with E-state index in [0.29, 0.717) is 33.9 Å². The molecular formula is C51H31N3O. The van der Waals surface area contributed by atoms with E-state index in [2.05, 4.69) is 42.5 Å². The molecule has 9 aromatic carbocycles. The molecule has 0 aliphatic carbocycles. The molecule has 11 rings (SSSR count). The number of fused-ring (bicyclic) bond motifs is 8. The Morgan fingerprint density at radius 1 is 0.382 bits per heavy atom. The number of aromatic nitrogens is 3. The molecule has 0 N–H and O–H groups in total. The Morgan fingerprint density at radius 3 is 1.80 bits per heavy atom. The standard InChI is InChI=1S/C51H31N3O/c1-3-11-32(12-4-1)36-16-9-17-37(29-36)49-52-50(38-22-21-35-24-26-42-40-18-8-7-15-34(40)23-27-43(42)45(35)30-38)54-51(53-49)39-25-28-44-47(31-39)55-46-20-10-19-41(48(44)46)33-13-5-2-6-14-33/h1-31H/i10D,19D,20D,25D,28D,31D. The van der Waals surface area contributed by atoms with E-state index in [1.807, 2.05) is 84.9 Å². The summed E-state index contributed by atoms with van der Waals surface area (Å²) >= 11 is 0. The van der Waals surface area contributed by atoms with Crippen LogP contribution in [0.15, 0.2) is 192 Å². The van der Waals surface area contributed by atoms with Crippen LogP contribution in [0, 0.1) is 0 Å². The minimum atomic E-state index is -0.337. The number of rotatable bonds is 5. The Kier molecular flexibility index (Phi) is 5.85. The van der Waals surface area contributed by atoms with Gasteiger partial charge in [0.1, 0.15) is 11.2 Å². The van der Waals surface area contributed by atoms with Crippen molar-refractivity contribution in [3.63, 3.8) is 0 Å². The van der Waals surface area contributed by atoms with E-state index in [4.69, 9.17) is 23.5 Å². The third kappa shape index (κ3) is 5.34. The molecule has 0 saturated carbocycles. The fraction of sp³-hybridized carbons (Fsp3) is 0. The SMILES string of the molecule is [2H]c1c([2H])c(-c2ccccc2)c2c(oc3c([2H])c(-c4nc(-c5cccc(-c6ccccc6)c5)nc(-c5ccc6ccc7c8ccccc8ccc7c6c5)n4)c([2H])c([2H])c32)c1[2H]. The van der Waals surface area contributed by atoms with E-state index in [1.165, 1.54) is 0 Å². The molecule has 2 aromatic heterocycles. The smallest absolute Gasteiger partial charge is 0.164 e. The number of nitrogens with zero attached hydrogens (tertiary/aromatic N) is 3. The Balaban J connectivity index is 1.18. The number of benzene rings is 9. The molecule has 256 valence electrons. The van der Waals surface area contributed by atoms with Crippen LogP contribution in [-0.4, -0.2) is 15.0 Å². The molecule has 0 amide bonds. The van der Waals surface area contributed by atoms with Crippen molar-refractivity contribution in [2.45, 2.75) is 0 Å². The van der Waals surface area contributed by atoms with Gasteiger partial charge in [0.2, 0.25) is 0 Å². The summed E-state index contributed by atoms with van der Waals surface area (Å²) in [5.41, 5.74) is 4.13. The van der Waals surface area contributed by atoms with Crippen molar-refractivity contribution in [1.29, 1.82) is 0 Å². The van der Waals surface area contributed by atoms with Crippen molar-refractivity contribution in [2.75, 3.05) is 0 Å². The number of hydrogen-bond acceptors (Lipinski definition) is 4. The van der Waals surface area contributed by atoms with Crippen molar-refractivity contribution in [3.05, 3.63) is 188 Å². The molecule has 2 heterocycles. The van der Waals surface area contributed by atoms with E-state index in [-0.39, 0.29) is 69.6 Å². The Labute approximate surface area is 325 Å². The molecule has 0 bridgehead atoms. The van der Waals surface area contributed by atoms with Crippen LogP contribution in [0.2, 0.25) is 0 Å². The van der Waals surface area contributed by atoms with Crippen molar-refractivity contribution in [2.24, 2.45) is 0 Å². The highest BCUT2D eigenvalue weighted by Gasteiger charge is 2.18. The van der Waals surface area contributed by atoms with E-state index < -0.39 is 0 Å².